The van der Waals surface area contributed by atoms with Crippen LogP contribution in [0.2, 0.25) is 0 Å². The Morgan fingerprint density at radius 3 is 0.933 bits per heavy atom. The summed E-state index contributed by atoms with van der Waals surface area (Å²) in [7, 11) is 0. The number of unbranched alkanes of at least 4 members (excludes halogenated alkanes) is 20. The molecule has 2 amide bonds. The Morgan fingerprint density at radius 1 is 0.467 bits per heavy atom. The summed E-state index contributed by atoms with van der Waals surface area (Å²) >= 11 is 0. The molecule has 0 atom stereocenters. The van der Waals surface area contributed by atoms with Crippen LogP contribution in [0.1, 0.15) is 155 Å². The Hall–Kier alpha value is -0.730. The van der Waals surface area contributed by atoms with Crippen LogP contribution in [0.25, 0.3) is 0 Å². The first-order valence-electron chi connectivity index (χ1n) is 13.8. The minimum atomic E-state index is -0.228. The van der Waals surface area contributed by atoms with Crippen molar-refractivity contribution in [2.45, 2.75) is 155 Å². The maximum atomic E-state index is 11.7. The molecule has 0 spiro atoms. The topological polar surface area (TPSA) is 46.3 Å². The molecule has 0 radical (unpaired) electrons. The molecule has 0 aliphatic heterocycles. The van der Waals surface area contributed by atoms with Gasteiger partial charge < -0.3 is 10.6 Å². The van der Waals surface area contributed by atoms with Crippen LogP contribution < -0.4 is 5.73 Å². The van der Waals surface area contributed by atoms with Gasteiger partial charge in [0.25, 0.3) is 0 Å². The smallest absolute Gasteiger partial charge is 0.314 e. The number of hydrogen-bond acceptors (Lipinski definition) is 1. The van der Waals surface area contributed by atoms with Gasteiger partial charge in [0.2, 0.25) is 0 Å². The zero-order chi connectivity index (χ0) is 22.1. The van der Waals surface area contributed by atoms with Gasteiger partial charge in [-0.25, -0.2) is 4.79 Å². The van der Waals surface area contributed by atoms with E-state index in [2.05, 4.69) is 13.8 Å². The molecule has 0 aromatic heterocycles. The lowest BCUT2D eigenvalue weighted by Gasteiger charge is -2.20. The predicted octanol–water partition coefficient (Wildman–Crippen LogP) is 8.99. The molecule has 3 nitrogen and oxygen atoms in total. The lowest BCUT2D eigenvalue weighted by Crippen LogP contribution is -2.37. The number of urea groups is 1. The van der Waals surface area contributed by atoms with E-state index in [1.807, 2.05) is 4.90 Å². The second-order valence-electron chi connectivity index (χ2n) is 9.40. The third kappa shape index (κ3) is 22.0. The van der Waals surface area contributed by atoms with Gasteiger partial charge in [0, 0.05) is 13.1 Å². The number of amides is 2. The molecule has 30 heavy (non-hydrogen) atoms. The first-order valence-corrected chi connectivity index (χ1v) is 13.8. The van der Waals surface area contributed by atoms with Crippen molar-refractivity contribution in [3.63, 3.8) is 0 Å². The summed E-state index contributed by atoms with van der Waals surface area (Å²) in [6.45, 7) is 6.25. The summed E-state index contributed by atoms with van der Waals surface area (Å²) < 4.78 is 0. The Kier molecular flexibility index (Phi) is 23.9. The average Bonchev–Trinajstić information content (AvgIpc) is 2.74. The molecule has 0 fully saturated rings. The van der Waals surface area contributed by atoms with Crippen molar-refractivity contribution in [1.29, 1.82) is 0 Å². The fourth-order valence-electron chi connectivity index (χ4n) is 4.27. The van der Waals surface area contributed by atoms with Gasteiger partial charge in [-0.15, -0.1) is 0 Å². The Balaban J connectivity index is 3.43. The molecule has 0 heterocycles. The molecular formula is C27H56N2O. The average molecular weight is 425 g/mol. The van der Waals surface area contributed by atoms with Crippen LogP contribution in [-0.4, -0.2) is 24.0 Å². The highest BCUT2D eigenvalue weighted by Crippen LogP contribution is 2.13. The molecule has 0 unspecified atom stereocenters. The van der Waals surface area contributed by atoms with Gasteiger partial charge in [-0.3, -0.25) is 0 Å². The molecule has 0 bridgehead atoms. The maximum absolute atomic E-state index is 11.7. The zero-order valence-electron chi connectivity index (χ0n) is 20.9. The number of primary amides is 1. The van der Waals surface area contributed by atoms with Crippen LogP contribution in [0.5, 0.6) is 0 Å². The largest absolute Gasteiger partial charge is 0.351 e. The molecule has 0 saturated carbocycles. The van der Waals surface area contributed by atoms with Crippen molar-refractivity contribution in [3.8, 4) is 0 Å². The third-order valence-corrected chi connectivity index (χ3v) is 6.37. The minimum Gasteiger partial charge on any atom is -0.351 e. The van der Waals surface area contributed by atoms with Gasteiger partial charge in [0.15, 0.2) is 0 Å². The van der Waals surface area contributed by atoms with E-state index in [0.29, 0.717) is 0 Å². The van der Waals surface area contributed by atoms with E-state index in [-0.39, 0.29) is 6.03 Å². The molecule has 0 aliphatic rings. The predicted molar refractivity (Wildman–Crippen MR) is 134 cm³/mol. The van der Waals surface area contributed by atoms with Crippen molar-refractivity contribution in [3.05, 3.63) is 0 Å². The van der Waals surface area contributed by atoms with Crippen LogP contribution in [-0.2, 0) is 0 Å². The molecular weight excluding hydrogens is 368 g/mol. The summed E-state index contributed by atoms with van der Waals surface area (Å²) in [5.74, 6) is 0. The Morgan fingerprint density at radius 2 is 0.700 bits per heavy atom. The van der Waals surface area contributed by atoms with Crippen molar-refractivity contribution in [2.24, 2.45) is 5.73 Å². The van der Waals surface area contributed by atoms with Crippen LogP contribution >= 0.6 is 0 Å². The highest BCUT2D eigenvalue weighted by molar-refractivity contribution is 5.71. The summed E-state index contributed by atoms with van der Waals surface area (Å²) in [5.41, 5.74) is 5.58. The normalized spacial score (nSPS) is 11.1. The lowest BCUT2D eigenvalue weighted by atomic mass is 10.1. The highest BCUT2D eigenvalue weighted by atomic mass is 16.2. The van der Waals surface area contributed by atoms with Gasteiger partial charge in [-0.2, -0.15) is 0 Å². The number of nitrogens with two attached hydrogens (primary N) is 1. The van der Waals surface area contributed by atoms with Gasteiger partial charge >= 0.3 is 6.03 Å². The standard InChI is InChI=1S/C27H56N2O/c1-3-5-7-9-11-13-15-17-19-21-23-25-29(27(28)30)26-24-22-20-18-16-14-12-10-8-6-4-2/h3-26H2,1-2H3,(H2,28,30). The molecule has 0 aromatic rings. The van der Waals surface area contributed by atoms with Crippen molar-refractivity contribution >= 4 is 6.03 Å². The molecule has 3 heteroatoms. The van der Waals surface area contributed by atoms with Gasteiger partial charge in [-0.1, -0.05) is 142 Å². The number of nitrogens with zero attached hydrogens (tertiary/aromatic N) is 1. The first kappa shape index (κ1) is 29.3. The second-order valence-corrected chi connectivity index (χ2v) is 9.40. The van der Waals surface area contributed by atoms with Crippen molar-refractivity contribution in [1.82, 2.24) is 4.90 Å². The van der Waals surface area contributed by atoms with Gasteiger partial charge in [0.1, 0.15) is 0 Å². The van der Waals surface area contributed by atoms with E-state index < -0.39 is 0 Å². The minimum absolute atomic E-state index is 0.228. The maximum Gasteiger partial charge on any atom is 0.314 e. The molecule has 0 aromatic carbocycles. The van der Waals surface area contributed by atoms with Crippen LogP contribution in [0.15, 0.2) is 0 Å². The number of carbonyl (C=O) groups is 1. The van der Waals surface area contributed by atoms with Gasteiger partial charge in [-0.05, 0) is 12.8 Å². The Labute approximate surface area is 189 Å². The monoisotopic (exact) mass is 424 g/mol. The summed E-state index contributed by atoms with van der Waals surface area (Å²) in [6.07, 6.45) is 29.5. The van der Waals surface area contributed by atoms with E-state index in [0.717, 1.165) is 25.9 Å². The molecule has 0 rings (SSSR count). The van der Waals surface area contributed by atoms with E-state index in [4.69, 9.17) is 5.73 Å². The van der Waals surface area contributed by atoms with Crippen molar-refractivity contribution in [2.75, 3.05) is 13.1 Å². The second kappa shape index (κ2) is 24.5. The van der Waals surface area contributed by atoms with Crippen molar-refractivity contribution < 1.29 is 4.79 Å². The fraction of sp³-hybridized carbons (Fsp3) is 0.963. The van der Waals surface area contributed by atoms with E-state index in [1.165, 1.54) is 128 Å². The molecule has 2 N–H and O–H groups in total. The van der Waals surface area contributed by atoms with E-state index in [1.54, 1.807) is 0 Å². The molecule has 180 valence electrons. The van der Waals surface area contributed by atoms with Crippen LogP contribution in [0, 0.1) is 0 Å². The lowest BCUT2D eigenvalue weighted by molar-refractivity contribution is 0.204. The van der Waals surface area contributed by atoms with Crippen LogP contribution in [0.4, 0.5) is 4.79 Å². The number of carbonyl (C=O) groups excluding carboxylic acids is 1. The number of hydrogen-bond donors (Lipinski definition) is 1. The molecule has 0 saturated heterocycles. The third-order valence-electron chi connectivity index (χ3n) is 6.37. The Bertz CT molecular complexity index is 320. The number of rotatable bonds is 24. The van der Waals surface area contributed by atoms with E-state index in [9.17, 15) is 4.79 Å². The molecule has 0 aliphatic carbocycles. The fourth-order valence-corrected chi connectivity index (χ4v) is 4.27. The quantitative estimate of drug-likeness (QED) is 0.154. The summed E-state index contributed by atoms with van der Waals surface area (Å²) in [4.78, 5) is 13.6. The van der Waals surface area contributed by atoms with E-state index >= 15 is 0 Å². The summed E-state index contributed by atoms with van der Waals surface area (Å²) in [6, 6.07) is -0.228. The van der Waals surface area contributed by atoms with Crippen LogP contribution in [0.3, 0.4) is 0 Å². The highest BCUT2D eigenvalue weighted by Gasteiger charge is 2.08. The zero-order valence-corrected chi connectivity index (χ0v) is 20.9. The van der Waals surface area contributed by atoms with Gasteiger partial charge in [0.05, 0.1) is 0 Å². The SMILES string of the molecule is CCCCCCCCCCCCCN(CCCCCCCCCCCCC)C(N)=O. The first-order chi connectivity index (χ1) is 14.7. The summed E-state index contributed by atoms with van der Waals surface area (Å²) in [5, 5.41) is 0.